The van der Waals surface area contributed by atoms with Gasteiger partial charge in [0.25, 0.3) is 0 Å². The van der Waals surface area contributed by atoms with Crippen LogP contribution in [0.1, 0.15) is 19.3 Å². The van der Waals surface area contributed by atoms with Crippen molar-refractivity contribution in [3.05, 3.63) is 4.13 Å². The van der Waals surface area contributed by atoms with E-state index in [0.717, 1.165) is 21.7 Å². The van der Waals surface area contributed by atoms with Gasteiger partial charge in [-0.3, -0.25) is 0 Å². The summed E-state index contributed by atoms with van der Waals surface area (Å²) in [6.45, 7) is 2.36. The highest BCUT2D eigenvalue weighted by atomic mass is 32.3. The van der Waals surface area contributed by atoms with Gasteiger partial charge in [0.05, 0.1) is 20.1 Å². The number of carboxylic acids is 1. The third-order valence-corrected chi connectivity index (χ3v) is 5.93. The van der Waals surface area contributed by atoms with E-state index in [4.69, 9.17) is 5.11 Å². The van der Waals surface area contributed by atoms with E-state index < -0.39 is 37.0 Å². The minimum Gasteiger partial charge on any atom is -0.477 e. The highest BCUT2D eigenvalue weighted by Crippen LogP contribution is 2.36. The molecular weight excluding hydrogens is 422 g/mol. The zero-order valence-electron chi connectivity index (χ0n) is 13.2. The Hall–Kier alpha value is -1.13. The van der Waals surface area contributed by atoms with Crippen molar-refractivity contribution in [2.45, 2.75) is 30.3 Å². The fourth-order valence-electron chi connectivity index (χ4n) is 1.97. The average Bonchev–Trinajstić information content (AvgIpc) is 2.34. The molecule has 1 saturated heterocycles. The van der Waals surface area contributed by atoms with Crippen LogP contribution < -0.4 is 0 Å². The number of alkyl halides is 6. The van der Waals surface area contributed by atoms with E-state index in [-0.39, 0.29) is 0 Å². The number of aliphatic carboxylic acids is 1. The number of piperidine rings is 1. The number of carboxylic acid groups (broad SMARTS) is 1. The van der Waals surface area contributed by atoms with Crippen molar-refractivity contribution in [1.82, 2.24) is 0 Å². The summed E-state index contributed by atoms with van der Waals surface area (Å²) >= 11 is 0. The summed E-state index contributed by atoms with van der Waals surface area (Å²) in [6.07, 6.45) is 3.64. The molecule has 156 valence electrons. The second-order valence-electron chi connectivity index (χ2n) is 5.60. The molecule has 8 nitrogen and oxygen atoms in total. The van der Waals surface area contributed by atoms with Crippen LogP contribution in [0.2, 0.25) is 0 Å². The molecule has 26 heavy (non-hydrogen) atoms. The molecule has 0 amide bonds. The van der Waals surface area contributed by atoms with Crippen molar-refractivity contribution >= 4 is 26.0 Å². The molecule has 0 aromatic heterocycles. The van der Waals surface area contributed by atoms with Gasteiger partial charge in [-0.05, 0) is 19.3 Å². The highest BCUT2D eigenvalue weighted by Gasteiger charge is 2.46. The summed E-state index contributed by atoms with van der Waals surface area (Å²) in [5.41, 5.74) is -12.4. The van der Waals surface area contributed by atoms with Crippen LogP contribution >= 0.6 is 0 Å². The van der Waals surface area contributed by atoms with E-state index in [1.807, 2.05) is 7.05 Å². The Balaban J connectivity index is 0.000000502. The smallest absolute Gasteiger partial charge is 0.477 e. The topological polar surface area (TPSA) is 120 Å². The van der Waals surface area contributed by atoms with Crippen LogP contribution in [0.3, 0.4) is 0 Å². The van der Waals surface area contributed by atoms with E-state index in [1.165, 1.54) is 19.3 Å². The molecule has 0 saturated carbocycles. The minimum atomic E-state index is -6.72. The SMILES string of the molecule is C[N+]1(CC(=O)O)CCCCC1.O=S(=O)([N-]S(=O)(=O)C(F)(F)F)C(F)(F)F. The van der Waals surface area contributed by atoms with Crippen molar-refractivity contribution in [3.63, 3.8) is 0 Å². The second kappa shape index (κ2) is 8.26. The lowest BCUT2D eigenvalue weighted by atomic mass is 10.1. The van der Waals surface area contributed by atoms with Crippen LogP contribution in [0, 0.1) is 0 Å². The normalized spacial score (nSPS) is 18.6. The summed E-state index contributed by atoms with van der Waals surface area (Å²) in [6, 6.07) is 0. The molecule has 1 aliphatic rings. The second-order valence-corrected chi connectivity index (χ2v) is 9.02. The third-order valence-electron chi connectivity index (χ3n) is 3.19. The Morgan fingerprint density at radius 2 is 1.27 bits per heavy atom. The van der Waals surface area contributed by atoms with Crippen LogP contribution in [0.5, 0.6) is 0 Å². The van der Waals surface area contributed by atoms with Crippen molar-refractivity contribution in [1.29, 1.82) is 0 Å². The van der Waals surface area contributed by atoms with Gasteiger partial charge in [0.2, 0.25) is 0 Å². The van der Waals surface area contributed by atoms with E-state index in [2.05, 4.69) is 0 Å². The Kier molecular flexibility index (Phi) is 7.90. The predicted octanol–water partition coefficient (Wildman–Crippen LogP) is 1.76. The average molecular weight is 438 g/mol. The van der Waals surface area contributed by atoms with E-state index >= 15 is 0 Å². The Morgan fingerprint density at radius 1 is 0.923 bits per heavy atom. The molecule has 0 atom stereocenters. The first-order chi connectivity index (χ1) is 11.3. The fraction of sp³-hybridized carbons (Fsp3) is 0.900. The lowest BCUT2D eigenvalue weighted by Gasteiger charge is -2.36. The maximum atomic E-state index is 11.4. The number of nitrogens with zero attached hydrogens (tertiary/aromatic N) is 2. The third kappa shape index (κ3) is 7.63. The minimum absolute atomic E-state index is 0.292. The molecule has 0 aliphatic carbocycles. The van der Waals surface area contributed by atoms with Gasteiger partial charge in [-0.1, -0.05) is 0 Å². The van der Waals surface area contributed by atoms with Crippen molar-refractivity contribution in [3.8, 4) is 0 Å². The number of rotatable bonds is 4. The number of hydrogen-bond acceptors (Lipinski definition) is 5. The standard InChI is InChI=1S/C8H15NO2.C2F6NO4S2/c1-9(7-8(10)11)5-3-2-4-6-9;3-1(4,5)14(10,11)9-15(12,13)2(6,7)8/h2-7H2,1H3;/q;-1/p+1. The zero-order valence-corrected chi connectivity index (χ0v) is 14.8. The maximum Gasteiger partial charge on any atom is 0.480 e. The monoisotopic (exact) mass is 438 g/mol. The van der Waals surface area contributed by atoms with Crippen molar-refractivity contribution in [2.75, 3.05) is 26.7 Å². The molecule has 1 fully saturated rings. The first kappa shape index (κ1) is 24.9. The molecule has 0 spiro atoms. The molecule has 1 N–H and O–H groups in total. The van der Waals surface area contributed by atoms with E-state index in [1.54, 1.807) is 0 Å². The Bertz CT molecular complexity index is 653. The van der Waals surface area contributed by atoms with Crippen LogP contribution in [-0.4, -0.2) is 70.1 Å². The summed E-state index contributed by atoms with van der Waals surface area (Å²) in [5, 5.41) is 8.62. The van der Waals surface area contributed by atoms with Gasteiger partial charge < -0.3 is 13.7 Å². The molecule has 0 aromatic carbocycles. The van der Waals surface area contributed by atoms with E-state index in [9.17, 15) is 48.0 Å². The van der Waals surface area contributed by atoms with E-state index in [0.29, 0.717) is 6.54 Å². The van der Waals surface area contributed by atoms with Gasteiger partial charge in [0, 0.05) is 0 Å². The number of likely N-dealkylation sites (tertiary alicyclic amines) is 1. The molecule has 1 rings (SSSR count). The molecule has 0 bridgehead atoms. The summed E-state index contributed by atoms with van der Waals surface area (Å²) in [7, 11) is -11.4. The van der Waals surface area contributed by atoms with Gasteiger partial charge in [0.1, 0.15) is 0 Å². The summed E-state index contributed by atoms with van der Waals surface area (Å²) in [4.78, 5) is 10.5. The molecule has 0 aromatic rings. The first-order valence-corrected chi connectivity index (χ1v) is 9.63. The number of carbonyl (C=O) groups is 1. The van der Waals surface area contributed by atoms with Gasteiger partial charge in [0.15, 0.2) is 26.6 Å². The van der Waals surface area contributed by atoms with Gasteiger partial charge in [-0.25, -0.2) is 21.6 Å². The largest absolute Gasteiger partial charge is 0.480 e. The van der Waals surface area contributed by atoms with Gasteiger partial charge in [-0.15, -0.1) is 0 Å². The number of sulfonamides is 2. The molecular formula is C10H16F6N2O6S2. The van der Waals surface area contributed by atoms with Gasteiger partial charge in [-0.2, -0.15) is 26.3 Å². The molecule has 1 aliphatic heterocycles. The van der Waals surface area contributed by atoms with Crippen LogP contribution in [-0.2, 0) is 24.8 Å². The number of likely N-dealkylation sites (N-methyl/N-ethyl adjacent to an activating group) is 1. The molecule has 0 unspecified atom stereocenters. The summed E-state index contributed by atoms with van der Waals surface area (Å²) in [5.74, 6) is -0.672. The Morgan fingerprint density at radius 3 is 1.54 bits per heavy atom. The maximum absolute atomic E-state index is 11.4. The Labute approximate surface area is 145 Å². The predicted molar refractivity (Wildman–Crippen MR) is 75.6 cm³/mol. The zero-order chi connectivity index (χ0) is 21.0. The van der Waals surface area contributed by atoms with Gasteiger partial charge >= 0.3 is 17.0 Å². The molecule has 0 radical (unpaired) electrons. The number of hydrogen-bond donors (Lipinski definition) is 1. The van der Waals surface area contributed by atoms with Crippen LogP contribution in [0.4, 0.5) is 26.3 Å². The quantitative estimate of drug-likeness (QED) is 0.528. The van der Waals surface area contributed by atoms with Crippen molar-refractivity contribution in [2.24, 2.45) is 0 Å². The fourth-order valence-corrected chi connectivity index (χ4v) is 3.68. The molecule has 16 heteroatoms. The lowest BCUT2D eigenvalue weighted by molar-refractivity contribution is -0.907. The lowest BCUT2D eigenvalue weighted by Crippen LogP contribution is -2.50. The summed E-state index contributed by atoms with van der Waals surface area (Å²) < 4.78 is 110. The number of quaternary nitrogens is 1. The van der Waals surface area contributed by atoms with Crippen molar-refractivity contribution < 1.29 is 57.6 Å². The number of halogens is 6. The highest BCUT2D eigenvalue weighted by molar-refractivity contribution is 8.13. The van der Waals surface area contributed by atoms with Crippen LogP contribution in [0.15, 0.2) is 0 Å². The first-order valence-electron chi connectivity index (χ1n) is 6.75. The molecule has 1 heterocycles. The van der Waals surface area contributed by atoms with Crippen LogP contribution in [0.25, 0.3) is 4.13 Å².